The normalized spacial score (nSPS) is 10.4. The lowest BCUT2D eigenvalue weighted by Gasteiger charge is -2.10. The molecule has 1 heterocycles. The maximum atomic E-state index is 12.1. The van der Waals surface area contributed by atoms with E-state index >= 15 is 0 Å². The summed E-state index contributed by atoms with van der Waals surface area (Å²) in [6.07, 6.45) is 0. The van der Waals surface area contributed by atoms with E-state index in [9.17, 15) is 9.59 Å². The van der Waals surface area contributed by atoms with Gasteiger partial charge in [-0.15, -0.1) is 0 Å². The van der Waals surface area contributed by atoms with Crippen molar-refractivity contribution in [1.29, 1.82) is 0 Å². The van der Waals surface area contributed by atoms with Crippen LogP contribution in [-0.2, 0) is 11.3 Å². The van der Waals surface area contributed by atoms with Crippen LogP contribution in [-0.4, -0.2) is 35.9 Å². The van der Waals surface area contributed by atoms with E-state index in [1.807, 2.05) is 55.5 Å². The minimum Gasteiger partial charge on any atom is -0.497 e. The third-order valence-corrected chi connectivity index (χ3v) is 4.35. The van der Waals surface area contributed by atoms with E-state index in [1.54, 1.807) is 13.2 Å². The van der Waals surface area contributed by atoms with Crippen LogP contribution in [0.5, 0.6) is 11.5 Å². The number of ether oxygens (including phenoxy) is 2. The fourth-order valence-electron chi connectivity index (χ4n) is 2.74. The highest BCUT2D eigenvalue weighted by molar-refractivity contribution is 5.77. The highest BCUT2D eigenvalue weighted by atomic mass is 16.5. The number of carbonyl (C=O) groups excluding carboxylic acids is 1. The smallest absolute Gasteiger partial charge is 0.266 e. The first kappa shape index (κ1) is 20.1. The highest BCUT2D eigenvalue weighted by Gasteiger charge is 2.07. The molecule has 1 aromatic heterocycles. The number of methoxy groups -OCH3 is 1. The second-order valence-corrected chi connectivity index (χ2v) is 6.41. The van der Waals surface area contributed by atoms with Crippen molar-refractivity contribution < 1.29 is 14.3 Å². The summed E-state index contributed by atoms with van der Waals surface area (Å²) >= 11 is 0. The molecule has 0 saturated heterocycles. The number of aromatic nitrogens is 2. The van der Waals surface area contributed by atoms with Crippen molar-refractivity contribution in [2.45, 2.75) is 13.5 Å². The highest BCUT2D eigenvalue weighted by Crippen LogP contribution is 2.19. The third kappa shape index (κ3) is 5.44. The van der Waals surface area contributed by atoms with E-state index in [-0.39, 0.29) is 31.2 Å². The summed E-state index contributed by atoms with van der Waals surface area (Å²) in [5.74, 6) is 1.16. The summed E-state index contributed by atoms with van der Waals surface area (Å²) in [4.78, 5) is 24.1. The molecule has 0 unspecified atom stereocenters. The van der Waals surface area contributed by atoms with E-state index in [1.165, 1.54) is 10.7 Å². The van der Waals surface area contributed by atoms with E-state index in [0.717, 1.165) is 16.9 Å². The fourth-order valence-corrected chi connectivity index (χ4v) is 2.74. The van der Waals surface area contributed by atoms with Gasteiger partial charge >= 0.3 is 0 Å². The van der Waals surface area contributed by atoms with Gasteiger partial charge in [-0.3, -0.25) is 9.59 Å². The maximum absolute atomic E-state index is 12.1. The summed E-state index contributed by atoms with van der Waals surface area (Å²) < 4.78 is 12.0. The second-order valence-electron chi connectivity index (χ2n) is 6.41. The van der Waals surface area contributed by atoms with Crippen LogP contribution in [0.2, 0.25) is 0 Å². The Morgan fingerprint density at radius 1 is 1.07 bits per heavy atom. The van der Waals surface area contributed by atoms with Crippen molar-refractivity contribution in [3.8, 4) is 22.8 Å². The van der Waals surface area contributed by atoms with Gasteiger partial charge in [0.2, 0.25) is 0 Å². The van der Waals surface area contributed by atoms with Gasteiger partial charge in [0, 0.05) is 18.2 Å². The fraction of sp³-hybridized carbons (Fsp3) is 0.227. The van der Waals surface area contributed by atoms with Crippen molar-refractivity contribution in [3.63, 3.8) is 0 Å². The molecule has 1 amide bonds. The first-order chi connectivity index (χ1) is 14.1. The van der Waals surface area contributed by atoms with E-state index in [4.69, 9.17) is 9.47 Å². The van der Waals surface area contributed by atoms with Crippen molar-refractivity contribution in [2.24, 2.45) is 0 Å². The van der Waals surface area contributed by atoms with Crippen LogP contribution in [0.1, 0.15) is 5.56 Å². The van der Waals surface area contributed by atoms with Gasteiger partial charge in [-0.2, -0.15) is 5.10 Å². The van der Waals surface area contributed by atoms with Crippen molar-refractivity contribution >= 4 is 5.91 Å². The molecule has 0 saturated carbocycles. The number of aryl methyl sites for hydroxylation is 1. The van der Waals surface area contributed by atoms with Gasteiger partial charge in [0.1, 0.15) is 11.5 Å². The molecule has 3 rings (SSSR count). The molecule has 0 aliphatic heterocycles. The average Bonchev–Trinajstić information content (AvgIpc) is 2.74. The lowest BCUT2D eigenvalue weighted by molar-refractivity contribution is -0.123. The Hall–Kier alpha value is -3.61. The minimum atomic E-state index is -0.257. The van der Waals surface area contributed by atoms with Crippen LogP contribution in [0.25, 0.3) is 11.3 Å². The first-order valence-electron chi connectivity index (χ1n) is 9.24. The number of nitrogens with zero attached hydrogens (tertiary/aromatic N) is 2. The summed E-state index contributed by atoms with van der Waals surface area (Å²) in [6.45, 7) is 2.37. The Balaban J connectivity index is 1.55. The molecule has 0 fully saturated rings. The van der Waals surface area contributed by atoms with Gasteiger partial charge < -0.3 is 14.8 Å². The predicted octanol–water partition coefficient (Wildman–Crippen LogP) is 2.42. The largest absolute Gasteiger partial charge is 0.497 e. The molecule has 0 aliphatic carbocycles. The molecule has 29 heavy (non-hydrogen) atoms. The molecule has 7 nitrogen and oxygen atoms in total. The Bertz CT molecular complexity index is 1030. The number of rotatable bonds is 8. The number of hydrogen-bond donors (Lipinski definition) is 1. The topological polar surface area (TPSA) is 82.5 Å². The van der Waals surface area contributed by atoms with Crippen LogP contribution >= 0.6 is 0 Å². The second kappa shape index (κ2) is 9.54. The standard InChI is InChI=1S/C22H23N3O4/c1-16-5-3-4-6-20(16)29-15-21(26)23-13-14-25-22(27)12-11-19(24-25)17-7-9-18(28-2)10-8-17/h3-12H,13-15H2,1-2H3,(H,23,26). The van der Waals surface area contributed by atoms with Crippen molar-refractivity contribution in [2.75, 3.05) is 20.3 Å². The van der Waals surface area contributed by atoms with E-state index < -0.39 is 0 Å². The summed E-state index contributed by atoms with van der Waals surface area (Å²) in [5, 5.41) is 7.12. The molecule has 1 N–H and O–H groups in total. The van der Waals surface area contributed by atoms with Crippen LogP contribution < -0.4 is 20.3 Å². The molecule has 3 aromatic rings. The zero-order valence-electron chi connectivity index (χ0n) is 16.4. The Morgan fingerprint density at radius 2 is 1.83 bits per heavy atom. The number of para-hydroxylation sites is 1. The van der Waals surface area contributed by atoms with Gasteiger partial charge in [-0.1, -0.05) is 18.2 Å². The first-order valence-corrected chi connectivity index (χ1v) is 9.24. The number of amides is 1. The number of nitrogens with one attached hydrogen (secondary N) is 1. The molecule has 7 heteroatoms. The number of benzene rings is 2. The molecular weight excluding hydrogens is 370 g/mol. The molecule has 0 atom stereocenters. The van der Waals surface area contributed by atoms with Crippen molar-refractivity contribution in [1.82, 2.24) is 15.1 Å². The monoisotopic (exact) mass is 393 g/mol. The van der Waals surface area contributed by atoms with E-state index in [2.05, 4.69) is 10.4 Å². The van der Waals surface area contributed by atoms with Gasteiger partial charge in [-0.05, 0) is 48.9 Å². The molecule has 150 valence electrons. The van der Waals surface area contributed by atoms with Crippen LogP contribution in [0, 0.1) is 6.92 Å². The molecule has 0 spiro atoms. The number of carbonyl (C=O) groups is 1. The van der Waals surface area contributed by atoms with Crippen LogP contribution in [0.15, 0.2) is 65.5 Å². The molecule has 2 aromatic carbocycles. The van der Waals surface area contributed by atoms with E-state index in [0.29, 0.717) is 11.4 Å². The molecule has 0 bridgehead atoms. The average molecular weight is 393 g/mol. The van der Waals surface area contributed by atoms with Gasteiger partial charge in [0.15, 0.2) is 6.61 Å². The maximum Gasteiger partial charge on any atom is 0.266 e. The minimum absolute atomic E-state index is 0.0843. The summed E-state index contributed by atoms with van der Waals surface area (Å²) in [6, 6.07) is 18.1. The zero-order valence-corrected chi connectivity index (χ0v) is 16.4. The SMILES string of the molecule is COc1ccc(-c2ccc(=O)n(CCNC(=O)COc3ccccc3C)n2)cc1. The Morgan fingerprint density at radius 3 is 2.55 bits per heavy atom. The number of hydrogen-bond acceptors (Lipinski definition) is 5. The molecule has 0 radical (unpaired) electrons. The van der Waals surface area contributed by atoms with Gasteiger partial charge in [0.25, 0.3) is 11.5 Å². The zero-order chi connectivity index (χ0) is 20.6. The van der Waals surface area contributed by atoms with Crippen LogP contribution in [0.3, 0.4) is 0 Å². The van der Waals surface area contributed by atoms with Gasteiger partial charge in [0.05, 0.1) is 19.3 Å². The quantitative estimate of drug-likeness (QED) is 0.636. The predicted molar refractivity (Wildman–Crippen MR) is 110 cm³/mol. The van der Waals surface area contributed by atoms with Crippen LogP contribution in [0.4, 0.5) is 0 Å². The van der Waals surface area contributed by atoms with Gasteiger partial charge in [-0.25, -0.2) is 4.68 Å². The van der Waals surface area contributed by atoms with Crippen molar-refractivity contribution in [3.05, 3.63) is 76.6 Å². The lowest BCUT2D eigenvalue weighted by atomic mass is 10.1. The third-order valence-electron chi connectivity index (χ3n) is 4.35. The Labute approximate surface area is 168 Å². The molecule has 0 aliphatic rings. The molecular formula is C22H23N3O4. The lowest BCUT2D eigenvalue weighted by Crippen LogP contribution is -2.34. The Kier molecular flexibility index (Phi) is 6.63. The summed E-state index contributed by atoms with van der Waals surface area (Å²) in [7, 11) is 1.60. The summed E-state index contributed by atoms with van der Waals surface area (Å²) in [5.41, 5.74) is 2.27.